The molecular weight excluding hydrogens is 1000 g/mol. The lowest BCUT2D eigenvalue weighted by atomic mass is 9.45. The number of carbonyl (C=O) groups is 8. The molecule has 2 saturated carbocycles. The quantitative estimate of drug-likeness (QED) is 0.0687. The minimum atomic E-state index is -2.73. The molecule has 6 rings (SSSR count). The largest absolute Gasteiger partial charge is 0.456 e. The summed E-state index contributed by atoms with van der Waals surface area (Å²) in [6, 6.07) is 19.9. The first kappa shape index (κ1) is 59.2. The lowest BCUT2D eigenvalue weighted by Crippen LogP contribution is -2.76. The number of nitrogens with one attached hydrogen (secondary N) is 2. The maximum absolute atomic E-state index is 16.2. The Kier molecular flexibility index (Phi) is 17.0. The molecule has 77 heavy (non-hydrogen) atoms. The first-order valence-corrected chi connectivity index (χ1v) is 25.2. The van der Waals surface area contributed by atoms with Gasteiger partial charge in [0.1, 0.15) is 29.0 Å². The van der Waals surface area contributed by atoms with Crippen molar-refractivity contribution in [1.29, 1.82) is 0 Å². The number of fused-ring (bicyclic) bond motifs is 3. The van der Waals surface area contributed by atoms with Crippen LogP contribution in [0.1, 0.15) is 129 Å². The Morgan fingerprint density at radius 3 is 1.56 bits per heavy atom. The van der Waals surface area contributed by atoms with Gasteiger partial charge in [0, 0.05) is 25.2 Å². The SMILES string of the molecule is CC(=O)O[C@@]1(C)C(=O)C[C@H](O)[C@@]2(C)C(=O)[C@H](OC(=O)[C@H](O)[C@@H](NC(=O)OC(C)(C)C)c3ccccc3)C3=C(C)[C@@H](OC(=O)[C@H](O)[C@@H](NC(=O)OC(C)(C)C)c4ccccc4)C[C@@](O)([C@@H](OC(=O)c4ccccc4)[C@@H]21)C3(C)C. The fraction of sp³-hybridized carbons (Fsp3) is 0.509. The first-order chi connectivity index (χ1) is 35.7. The summed E-state index contributed by atoms with van der Waals surface area (Å²) in [6.07, 6.45) is -16.5. The Balaban J connectivity index is 1.59. The number of benzene rings is 3. The number of aliphatic hydroxyl groups excluding tert-OH is 3. The number of ketones is 2. The van der Waals surface area contributed by atoms with Gasteiger partial charge in [-0.2, -0.15) is 0 Å². The standard InChI is InChI=1S/C57H70N2O18/c1-30-35(72-48(67)41(63)39(32-22-16-13-17-23-32)58-50(69)76-52(3,4)5)29-57(71)46(74-47(66)34-26-20-15-21-27-34)44-55(11,36(61)28-37(62)56(44,12)75-31(2)60)45(65)43(38(30)54(57,9)10)73-49(68)42(64)40(33-24-18-14-19-25-33)59-51(70)77-53(6,7)8/h13-27,35-36,39-44,46,61,63-64,71H,28-29H2,1-12H3,(H,58,69)(H,59,70)/t35-,36-,39-,40-,41+,42+,43+,44-,46-,55+,56-,57+/m0/s1. The van der Waals surface area contributed by atoms with Crippen molar-refractivity contribution in [2.75, 3.05) is 0 Å². The molecule has 0 heterocycles. The molecule has 3 aromatic carbocycles. The van der Waals surface area contributed by atoms with Gasteiger partial charge in [0.25, 0.3) is 0 Å². The van der Waals surface area contributed by atoms with Gasteiger partial charge in [0.15, 0.2) is 35.5 Å². The van der Waals surface area contributed by atoms with E-state index in [4.69, 9.17) is 28.4 Å². The van der Waals surface area contributed by atoms with E-state index in [1.54, 1.807) is 84.0 Å². The van der Waals surface area contributed by atoms with E-state index in [9.17, 15) is 54.0 Å². The number of rotatable bonds is 13. The van der Waals surface area contributed by atoms with Gasteiger partial charge in [-0.3, -0.25) is 14.4 Å². The second-order valence-corrected chi connectivity index (χ2v) is 22.7. The van der Waals surface area contributed by atoms with Gasteiger partial charge in [0.05, 0.1) is 35.1 Å². The highest BCUT2D eigenvalue weighted by atomic mass is 16.6. The minimum absolute atomic E-state index is 0.0666. The fourth-order valence-corrected chi connectivity index (χ4v) is 10.9. The third-order valence-electron chi connectivity index (χ3n) is 14.7. The Bertz CT molecular complexity index is 2770. The van der Waals surface area contributed by atoms with E-state index in [1.807, 2.05) is 0 Å². The fourth-order valence-electron chi connectivity index (χ4n) is 10.9. The van der Waals surface area contributed by atoms with Gasteiger partial charge in [-0.25, -0.2) is 24.0 Å². The summed E-state index contributed by atoms with van der Waals surface area (Å²) in [7, 11) is 0. The second-order valence-electron chi connectivity index (χ2n) is 22.7. The highest BCUT2D eigenvalue weighted by Crippen LogP contribution is 2.62. The van der Waals surface area contributed by atoms with Crippen LogP contribution in [0, 0.1) is 16.7 Å². The number of carbonyl (C=O) groups excluding carboxylic acids is 8. The third kappa shape index (κ3) is 12.1. The summed E-state index contributed by atoms with van der Waals surface area (Å²) < 4.78 is 35.4. The maximum Gasteiger partial charge on any atom is 0.408 e. The van der Waals surface area contributed by atoms with E-state index in [2.05, 4.69) is 10.6 Å². The van der Waals surface area contributed by atoms with Crippen LogP contribution < -0.4 is 10.6 Å². The maximum atomic E-state index is 16.2. The molecule has 416 valence electrons. The Morgan fingerprint density at radius 1 is 0.675 bits per heavy atom. The van der Waals surface area contributed by atoms with Crippen LogP contribution in [0.3, 0.4) is 0 Å². The number of aliphatic hydroxyl groups is 4. The van der Waals surface area contributed by atoms with E-state index in [0.717, 1.165) is 13.8 Å². The van der Waals surface area contributed by atoms with Crippen LogP contribution >= 0.6 is 0 Å². The summed E-state index contributed by atoms with van der Waals surface area (Å²) in [6.45, 7) is 17.0. The van der Waals surface area contributed by atoms with Crippen LogP contribution in [0.4, 0.5) is 9.59 Å². The zero-order valence-corrected chi connectivity index (χ0v) is 45.3. The highest BCUT2D eigenvalue weighted by molar-refractivity contribution is 6.00. The van der Waals surface area contributed by atoms with Crippen molar-refractivity contribution < 1.29 is 87.2 Å². The van der Waals surface area contributed by atoms with Crippen molar-refractivity contribution in [2.45, 2.75) is 167 Å². The third-order valence-corrected chi connectivity index (χ3v) is 14.7. The molecule has 3 aliphatic rings. The smallest absolute Gasteiger partial charge is 0.408 e. The molecule has 20 heteroatoms. The van der Waals surface area contributed by atoms with E-state index < -0.39 is 148 Å². The molecule has 6 N–H and O–H groups in total. The number of esters is 4. The van der Waals surface area contributed by atoms with Crippen molar-refractivity contribution in [3.05, 3.63) is 119 Å². The predicted octanol–water partition coefficient (Wildman–Crippen LogP) is 5.63. The number of alkyl carbamates (subject to hydrolysis) is 2. The monoisotopic (exact) mass is 1070 g/mol. The normalized spacial score (nSPS) is 27.6. The summed E-state index contributed by atoms with van der Waals surface area (Å²) in [5, 5.41) is 55.2. The van der Waals surface area contributed by atoms with Crippen molar-refractivity contribution in [3.8, 4) is 0 Å². The minimum Gasteiger partial charge on any atom is -0.456 e. The predicted molar refractivity (Wildman–Crippen MR) is 273 cm³/mol. The second kappa shape index (κ2) is 22.2. The van der Waals surface area contributed by atoms with E-state index in [0.29, 0.717) is 0 Å². The van der Waals surface area contributed by atoms with Gasteiger partial charge < -0.3 is 59.5 Å². The topological polar surface area (TPSA) is 297 Å². The number of ether oxygens (including phenoxy) is 6. The van der Waals surface area contributed by atoms with Crippen molar-refractivity contribution in [2.24, 2.45) is 16.7 Å². The molecule has 0 radical (unpaired) electrons. The summed E-state index contributed by atoms with van der Waals surface area (Å²) >= 11 is 0. The van der Waals surface area contributed by atoms with Gasteiger partial charge in [-0.05, 0) is 96.7 Å². The summed E-state index contributed by atoms with van der Waals surface area (Å²) in [5.41, 5.74) is -11.8. The number of hydrogen-bond acceptors (Lipinski definition) is 18. The van der Waals surface area contributed by atoms with Gasteiger partial charge in [0.2, 0.25) is 0 Å². The van der Waals surface area contributed by atoms with Crippen LogP contribution in [-0.2, 0) is 52.4 Å². The van der Waals surface area contributed by atoms with Gasteiger partial charge in [-0.15, -0.1) is 0 Å². The average Bonchev–Trinajstić information content (AvgIpc) is 3.34. The van der Waals surface area contributed by atoms with Crippen molar-refractivity contribution in [1.82, 2.24) is 10.6 Å². The van der Waals surface area contributed by atoms with E-state index in [1.165, 1.54) is 76.2 Å². The lowest BCUT2D eigenvalue weighted by molar-refractivity contribution is -0.253. The van der Waals surface area contributed by atoms with Gasteiger partial charge in [-0.1, -0.05) is 92.7 Å². The molecular formula is C57H70N2O18. The van der Waals surface area contributed by atoms with Crippen LogP contribution in [0.25, 0.3) is 0 Å². The first-order valence-electron chi connectivity index (χ1n) is 25.2. The number of amides is 2. The van der Waals surface area contributed by atoms with Crippen LogP contribution in [0.15, 0.2) is 102 Å². The van der Waals surface area contributed by atoms with Crippen LogP contribution in [0.5, 0.6) is 0 Å². The number of hydrogen-bond donors (Lipinski definition) is 6. The van der Waals surface area contributed by atoms with Crippen LogP contribution in [0.2, 0.25) is 0 Å². The van der Waals surface area contributed by atoms with Crippen LogP contribution in [-0.4, -0.2) is 127 Å². The molecule has 0 aromatic heterocycles. The summed E-state index contributed by atoms with van der Waals surface area (Å²) in [4.78, 5) is 114. The van der Waals surface area contributed by atoms with Crippen molar-refractivity contribution in [3.63, 3.8) is 0 Å². The molecule has 0 spiro atoms. The molecule has 20 nitrogen and oxygen atoms in total. The zero-order valence-electron chi connectivity index (χ0n) is 45.3. The van der Waals surface area contributed by atoms with E-state index in [-0.39, 0.29) is 27.8 Å². The molecule has 2 bridgehead atoms. The molecule has 12 atom stereocenters. The molecule has 2 amide bonds. The Morgan fingerprint density at radius 2 is 1.12 bits per heavy atom. The Labute approximate surface area is 446 Å². The average molecular weight is 1070 g/mol. The molecule has 0 aliphatic heterocycles. The Hall–Kier alpha value is -7.00. The zero-order chi connectivity index (χ0) is 57.4. The molecule has 0 unspecified atom stereocenters. The lowest BCUT2D eigenvalue weighted by Gasteiger charge is -2.63. The highest BCUT2D eigenvalue weighted by Gasteiger charge is 2.75. The number of Topliss-reactive ketones (excluding diaryl/α,β-unsaturated/α-hetero) is 2. The molecule has 3 aliphatic carbocycles. The van der Waals surface area contributed by atoms with Gasteiger partial charge >= 0.3 is 36.1 Å². The summed E-state index contributed by atoms with van der Waals surface area (Å²) in [5.74, 6) is -9.34. The molecule has 0 saturated heterocycles. The molecule has 3 aromatic rings. The molecule has 2 fully saturated rings. The van der Waals surface area contributed by atoms with E-state index >= 15 is 4.79 Å². The van der Waals surface area contributed by atoms with Crippen molar-refractivity contribution >= 4 is 47.6 Å².